The number of carboxylic acids is 1. The molecule has 9 nitrogen and oxygen atoms in total. The summed E-state index contributed by atoms with van der Waals surface area (Å²) in [7, 11) is 1.74. The zero-order valence-electron chi connectivity index (χ0n) is 23.0. The quantitative estimate of drug-likeness (QED) is 0.377. The SMILES string of the molecule is CC.CC(CCC(=O)OCc1ccccc1)C(=O)OC(C)(C)C.CN1COC(=O)C1(C)CCC(=O)O. The molecule has 0 aromatic heterocycles. The average Bonchev–Trinajstić information content (AvgIpc) is 3.08. The first-order valence-corrected chi connectivity index (χ1v) is 12.3. The monoisotopic (exact) mass is 509 g/mol. The number of cyclic esters (lactones) is 1. The second kappa shape index (κ2) is 15.9. The van der Waals surface area contributed by atoms with Crippen LogP contribution in [0, 0.1) is 5.92 Å². The Balaban J connectivity index is 0.000000698. The van der Waals surface area contributed by atoms with Crippen LogP contribution in [0.15, 0.2) is 30.3 Å². The van der Waals surface area contributed by atoms with Crippen molar-refractivity contribution in [1.82, 2.24) is 4.90 Å². The molecule has 36 heavy (non-hydrogen) atoms. The van der Waals surface area contributed by atoms with Crippen LogP contribution in [0.3, 0.4) is 0 Å². The van der Waals surface area contributed by atoms with Gasteiger partial charge in [0.1, 0.15) is 24.5 Å². The summed E-state index contributed by atoms with van der Waals surface area (Å²) < 4.78 is 15.2. The largest absolute Gasteiger partial charge is 0.481 e. The highest BCUT2D eigenvalue weighted by molar-refractivity contribution is 5.82. The van der Waals surface area contributed by atoms with Gasteiger partial charge in [-0.05, 0) is 53.1 Å². The van der Waals surface area contributed by atoms with E-state index in [1.807, 2.05) is 65.0 Å². The number of carbonyl (C=O) groups is 4. The van der Waals surface area contributed by atoms with E-state index in [-0.39, 0.29) is 56.4 Å². The zero-order chi connectivity index (χ0) is 27.9. The van der Waals surface area contributed by atoms with Gasteiger partial charge in [0.15, 0.2) is 0 Å². The molecule has 1 aromatic carbocycles. The van der Waals surface area contributed by atoms with Gasteiger partial charge in [-0.15, -0.1) is 0 Å². The number of ether oxygens (including phenoxy) is 3. The van der Waals surface area contributed by atoms with Crippen molar-refractivity contribution in [3.8, 4) is 0 Å². The molecule has 0 radical (unpaired) electrons. The van der Waals surface area contributed by atoms with Gasteiger partial charge in [0.05, 0.1) is 5.92 Å². The highest BCUT2D eigenvalue weighted by atomic mass is 16.6. The first kappa shape index (κ1) is 33.1. The fourth-order valence-corrected chi connectivity index (χ4v) is 2.92. The van der Waals surface area contributed by atoms with Crippen LogP contribution in [0.2, 0.25) is 0 Å². The minimum Gasteiger partial charge on any atom is -0.481 e. The minimum atomic E-state index is -0.894. The van der Waals surface area contributed by atoms with Crippen LogP contribution in [0.25, 0.3) is 0 Å². The van der Waals surface area contributed by atoms with E-state index in [2.05, 4.69) is 0 Å². The molecule has 2 rings (SSSR count). The van der Waals surface area contributed by atoms with Crippen molar-refractivity contribution in [2.24, 2.45) is 5.92 Å². The summed E-state index contributed by atoms with van der Waals surface area (Å²) in [6.45, 7) is 13.4. The lowest BCUT2D eigenvalue weighted by Crippen LogP contribution is -2.43. The van der Waals surface area contributed by atoms with E-state index in [0.717, 1.165) is 5.56 Å². The maximum Gasteiger partial charge on any atom is 0.327 e. The van der Waals surface area contributed by atoms with Crippen molar-refractivity contribution in [3.05, 3.63) is 35.9 Å². The fraction of sp³-hybridized carbons (Fsp3) is 0.630. The van der Waals surface area contributed by atoms with Crippen LogP contribution in [-0.4, -0.2) is 58.8 Å². The molecule has 1 heterocycles. The molecule has 1 aliphatic rings. The predicted molar refractivity (Wildman–Crippen MR) is 136 cm³/mol. The van der Waals surface area contributed by atoms with Gasteiger partial charge in [0.2, 0.25) is 0 Å². The molecule has 0 bridgehead atoms. The molecule has 1 aromatic rings. The maximum absolute atomic E-state index is 11.8. The van der Waals surface area contributed by atoms with Crippen molar-refractivity contribution in [1.29, 1.82) is 0 Å². The van der Waals surface area contributed by atoms with Gasteiger partial charge in [0, 0.05) is 12.8 Å². The lowest BCUT2D eigenvalue weighted by Gasteiger charge is -2.25. The van der Waals surface area contributed by atoms with E-state index >= 15 is 0 Å². The topological polar surface area (TPSA) is 119 Å². The second-order valence-electron chi connectivity index (χ2n) is 9.55. The van der Waals surface area contributed by atoms with Gasteiger partial charge in [-0.2, -0.15) is 0 Å². The molecule has 2 unspecified atom stereocenters. The van der Waals surface area contributed by atoms with Crippen molar-refractivity contribution >= 4 is 23.9 Å². The first-order chi connectivity index (χ1) is 16.7. The minimum absolute atomic E-state index is 0.0179. The summed E-state index contributed by atoms with van der Waals surface area (Å²) in [4.78, 5) is 46.8. The Hall–Kier alpha value is -2.94. The average molecular weight is 510 g/mol. The number of carboxylic acid groups (broad SMARTS) is 1. The van der Waals surface area contributed by atoms with Crippen LogP contribution in [0.4, 0.5) is 0 Å². The number of rotatable bonds is 9. The lowest BCUT2D eigenvalue weighted by atomic mass is 9.95. The summed E-state index contributed by atoms with van der Waals surface area (Å²) in [6.07, 6.45) is 0.920. The predicted octanol–water partition coefficient (Wildman–Crippen LogP) is 4.57. The summed E-state index contributed by atoms with van der Waals surface area (Å²) >= 11 is 0. The third-order valence-corrected chi connectivity index (χ3v) is 5.33. The summed E-state index contributed by atoms with van der Waals surface area (Å²) in [5.74, 6) is -2.12. The van der Waals surface area contributed by atoms with Crippen LogP contribution in [-0.2, 0) is 40.0 Å². The van der Waals surface area contributed by atoms with Crippen LogP contribution in [0.1, 0.15) is 79.7 Å². The van der Waals surface area contributed by atoms with E-state index < -0.39 is 17.1 Å². The Morgan fingerprint density at radius 1 is 1.14 bits per heavy atom. The van der Waals surface area contributed by atoms with Crippen molar-refractivity contribution in [2.75, 3.05) is 13.8 Å². The summed E-state index contributed by atoms with van der Waals surface area (Å²) in [5.41, 5.74) is -0.316. The highest BCUT2D eigenvalue weighted by Gasteiger charge is 2.44. The molecule has 0 amide bonds. The van der Waals surface area contributed by atoms with Crippen LogP contribution < -0.4 is 0 Å². The number of aliphatic carboxylic acids is 1. The van der Waals surface area contributed by atoms with Gasteiger partial charge in [0.25, 0.3) is 0 Å². The normalized spacial score (nSPS) is 17.9. The molecule has 1 saturated heterocycles. The number of likely N-dealkylation sites (N-methyl/N-ethyl adjacent to an activating group) is 1. The second-order valence-corrected chi connectivity index (χ2v) is 9.55. The first-order valence-electron chi connectivity index (χ1n) is 12.3. The Labute approximate surface area is 215 Å². The van der Waals surface area contributed by atoms with Gasteiger partial charge in [-0.3, -0.25) is 24.1 Å². The molecule has 1 N–H and O–H groups in total. The van der Waals surface area contributed by atoms with E-state index in [1.165, 1.54) is 0 Å². The Morgan fingerprint density at radius 2 is 1.72 bits per heavy atom. The molecule has 204 valence electrons. The molecular weight excluding hydrogens is 466 g/mol. The standard InChI is InChI=1S/C17H24O4.C8H13NO4.C2H6/c1-13(16(19)21-17(2,3)4)10-11-15(18)20-12-14-8-6-5-7-9-14;1-8(4-3-6(10)11)7(12)13-5-9(8)2;1-2/h5-9,13H,10-12H2,1-4H3;3-5H2,1-2H3,(H,10,11);1-2H3. The van der Waals surface area contributed by atoms with E-state index in [0.29, 0.717) is 6.42 Å². The van der Waals surface area contributed by atoms with Crippen molar-refractivity contribution in [3.63, 3.8) is 0 Å². The Kier molecular flexibility index (Phi) is 14.6. The number of carbonyl (C=O) groups excluding carboxylic acids is 3. The third-order valence-electron chi connectivity index (χ3n) is 5.33. The van der Waals surface area contributed by atoms with Gasteiger partial charge in [-0.1, -0.05) is 51.1 Å². The summed E-state index contributed by atoms with van der Waals surface area (Å²) in [5, 5.41) is 8.49. The molecule has 9 heteroatoms. The van der Waals surface area contributed by atoms with Crippen molar-refractivity contribution in [2.45, 2.75) is 91.9 Å². The molecular formula is C27H43NO8. The molecule has 1 fully saturated rings. The fourth-order valence-electron chi connectivity index (χ4n) is 2.92. The molecule has 1 aliphatic heterocycles. The number of hydrogen-bond acceptors (Lipinski definition) is 8. The summed E-state index contributed by atoms with van der Waals surface area (Å²) in [6, 6.07) is 9.50. The Morgan fingerprint density at radius 3 is 2.19 bits per heavy atom. The highest BCUT2D eigenvalue weighted by Crippen LogP contribution is 2.26. The van der Waals surface area contributed by atoms with E-state index in [1.54, 1.807) is 25.8 Å². The van der Waals surface area contributed by atoms with Crippen molar-refractivity contribution < 1.29 is 38.5 Å². The molecule has 0 saturated carbocycles. The molecule has 0 aliphatic carbocycles. The maximum atomic E-state index is 11.8. The third kappa shape index (κ3) is 12.7. The molecule has 0 spiro atoms. The number of esters is 3. The van der Waals surface area contributed by atoms with E-state index in [4.69, 9.17) is 19.3 Å². The van der Waals surface area contributed by atoms with E-state index in [9.17, 15) is 19.2 Å². The van der Waals surface area contributed by atoms with Gasteiger partial charge < -0.3 is 19.3 Å². The smallest absolute Gasteiger partial charge is 0.327 e. The van der Waals surface area contributed by atoms with Gasteiger partial charge >= 0.3 is 23.9 Å². The van der Waals surface area contributed by atoms with Crippen LogP contribution in [0.5, 0.6) is 0 Å². The number of hydrogen-bond donors (Lipinski definition) is 1. The van der Waals surface area contributed by atoms with Gasteiger partial charge in [-0.25, -0.2) is 0 Å². The molecule has 2 atom stereocenters. The lowest BCUT2D eigenvalue weighted by molar-refractivity contribution is -0.160. The van der Waals surface area contributed by atoms with Crippen LogP contribution >= 0.6 is 0 Å². The zero-order valence-corrected chi connectivity index (χ0v) is 23.0. The Bertz CT molecular complexity index is 834. The number of nitrogens with zero attached hydrogens (tertiary/aromatic N) is 1. The number of benzene rings is 1.